The van der Waals surface area contributed by atoms with E-state index in [1.807, 2.05) is 6.92 Å². The van der Waals surface area contributed by atoms with Gasteiger partial charge in [-0.3, -0.25) is 19.4 Å². The van der Waals surface area contributed by atoms with Crippen molar-refractivity contribution in [1.82, 2.24) is 14.8 Å². The first kappa shape index (κ1) is 19.3. The van der Waals surface area contributed by atoms with Crippen molar-refractivity contribution in [1.29, 1.82) is 0 Å². The summed E-state index contributed by atoms with van der Waals surface area (Å²) in [6.07, 6.45) is 2.23. The molecule has 28 heavy (non-hydrogen) atoms. The van der Waals surface area contributed by atoms with Crippen LogP contribution in [0.4, 0.5) is 5.69 Å². The molecular weight excluding hydrogens is 360 g/mol. The lowest BCUT2D eigenvalue weighted by atomic mass is 10.2. The van der Waals surface area contributed by atoms with E-state index >= 15 is 0 Å². The van der Waals surface area contributed by atoms with Crippen LogP contribution in [0.25, 0.3) is 0 Å². The van der Waals surface area contributed by atoms with Crippen molar-refractivity contribution in [3.05, 3.63) is 53.9 Å². The van der Waals surface area contributed by atoms with Crippen LogP contribution in [0.2, 0.25) is 0 Å². The predicted octanol–water partition coefficient (Wildman–Crippen LogP) is 1.65. The minimum atomic E-state index is -0.327. The Kier molecular flexibility index (Phi) is 6.21. The maximum atomic E-state index is 12.6. The molecule has 3 rings (SSSR count). The van der Waals surface area contributed by atoms with Gasteiger partial charge in [-0.05, 0) is 43.3 Å². The maximum absolute atomic E-state index is 12.6. The molecule has 1 N–H and O–H groups in total. The van der Waals surface area contributed by atoms with Gasteiger partial charge >= 0.3 is 0 Å². The third-order valence-electron chi connectivity index (χ3n) is 4.41. The number of anilines is 1. The van der Waals surface area contributed by atoms with Crippen molar-refractivity contribution in [2.24, 2.45) is 0 Å². The molecule has 3 amide bonds. The minimum Gasteiger partial charge on any atom is -0.494 e. The van der Waals surface area contributed by atoms with Gasteiger partial charge in [0, 0.05) is 43.6 Å². The molecule has 0 aliphatic carbocycles. The van der Waals surface area contributed by atoms with Crippen molar-refractivity contribution in [2.45, 2.75) is 6.92 Å². The summed E-state index contributed by atoms with van der Waals surface area (Å²) < 4.78 is 5.38. The fourth-order valence-corrected chi connectivity index (χ4v) is 2.89. The van der Waals surface area contributed by atoms with E-state index in [0.29, 0.717) is 44.0 Å². The molecule has 8 nitrogen and oxygen atoms in total. The van der Waals surface area contributed by atoms with Crippen LogP contribution in [0.3, 0.4) is 0 Å². The number of hydrogen-bond acceptors (Lipinski definition) is 5. The second-order valence-corrected chi connectivity index (χ2v) is 6.27. The summed E-state index contributed by atoms with van der Waals surface area (Å²) in [5, 5.41) is 2.79. The highest BCUT2D eigenvalue weighted by atomic mass is 16.5. The number of carbonyl (C=O) groups excluding carboxylic acids is 3. The lowest BCUT2D eigenvalue weighted by molar-refractivity contribution is -0.119. The first-order valence-corrected chi connectivity index (χ1v) is 9.09. The van der Waals surface area contributed by atoms with Gasteiger partial charge in [-0.1, -0.05) is 0 Å². The van der Waals surface area contributed by atoms with Gasteiger partial charge in [-0.2, -0.15) is 0 Å². The molecular formula is C20H22N4O4. The molecule has 1 aliphatic heterocycles. The maximum Gasteiger partial charge on any atom is 0.272 e. The van der Waals surface area contributed by atoms with E-state index in [1.165, 1.54) is 12.3 Å². The Hall–Kier alpha value is -3.42. The standard InChI is InChI=1S/C20H22N4O4/c1-2-28-17-5-3-16(4-6-17)22-19(26)15-7-8-21-18(13-15)20(27)24-11-9-23(14-25)10-12-24/h3-8,13-14H,2,9-12H2,1H3,(H,22,26). The number of hydrogen-bond donors (Lipinski definition) is 1. The van der Waals surface area contributed by atoms with Crippen LogP contribution >= 0.6 is 0 Å². The number of benzene rings is 1. The molecule has 0 radical (unpaired) electrons. The van der Waals surface area contributed by atoms with Gasteiger partial charge in [0.1, 0.15) is 11.4 Å². The van der Waals surface area contributed by atoms with Crippen molar-refractivity contribution in [2.75, 3.05) is 38.1 Å². The lowest BCUT2D eigenvalue weighted by Gasteiger charge is -2.32. The second kappa shape index (κ2) is 8.98. The van der Waals surface area contributed by atoms with E-state index in [9.17, 15) is 14.4 Å². The van der Waals surface area contributed by atoms with Crippen molar-refractivity contribution in [3.8, 4) is 5.75 Å². The zero-order valence-electron chi connectivity index (χ0n) is 15.6. The molecule has 1 aromatic heterocycles. The minimum absolute atomic E-state index is 0.207. The van der Waals surface area contributed by atoms with Crippen LogP contribution in [0.1, 0.15) is 27.8 Å². The second-order valence-electron chi connectivity index (χ2n) is 6.27. The average Bonchev–Trinajstić information content (AvgIpc) is 2.75. The van der Waals surface area contributed by atoms with Gasteiger partial charge < -0.3 is 19.9 Å². The summed E-state index contributed by atoms with van der Waals surface area (Å²) in [4.78, 5) is 43.3. The number of amides is 3. The normalized spacial score (nSPS) is 13.8. The Labute approximate surface area is 163 Å². The summed E-state index contributed by atoms with van der Waals surface area (Å²) in [5.74, 6) is 0.152. The SMILES string of the molecule is CCOc1ccc(NC(=O)c2ccnc(C(=O)N3CCN(C=O)CC3)c2)cc1. The van der Waals surface area contributed by atoms with Crippen LogP contribution < -0.4 is 10.1 Å². The molecule has 0 saturated carbocycles. The molecule has 8 heteroatoms. The van der Waals surface area contributed by atoms with Gasteiger partial charge in [0.15, 0.2) is 0 Å². The van der Waals surface area contributed by atoms with E-state index in [-0.39, 0.29) is 17.5 Å². The van der Waals surface area contributed by atoms with Crippen LogP contribution in [-0.2, 0) is 4.79 Å². The Morgan fingerprint density at radius 2 is 1.86 bits per heavy atom. The number of rotatable bonds is 6. The molecule has 1 fully saturated rings. The highest BCUT2D eigenvalue weighted by molar-refractivity contribution is 6.05. The fraction of sp³-hybridized carbons (Fsp3) is 0.300. The highest BCUT2D eigenvalue weighted by Crippen LogP contribution is 2.17. The Morgan fingerprint density at radius 3 is 2.50 bits per heavy atom. The van der Waals surface area contributed by atoms with Gasteiger partial charge in [-0.15, -0.1) is 0 Å². The van der Waals surface area contributed by atoms with Crippen LogP contribution in [0.5, 0.6) is 5.75 Å². The number of nitrogens with zero attached hydrogens (tertiary/aromatic N) is 3. The van der Waals surface area contributed by atoms with Crippen molar-refractivity contribution < 1.29 is 19.1 Å². The van der Waals surface area contributed by atoms with Gasteiger partial charge in [0.2, 0.25) is 6.41 Å². The molecule has 0 bridgehead atoms. The lowest BCUT2D eigenvalue weighted by Crippen LogP contribution is -2.48. The topological polar surface area (TPSA) is 91.8 Å². The molecule has 0 atom stereocenters. The molecule has 2 aromatic rings. The molecule has 1 saturated heterocycles. The van der Waals surface area contributed by atoms with Gasteiger partial charge in [-0.25, -0.2) is 0 Å². The fourth-order valence-electron chi connectivity index (χ4n) is 2.89. The Balaban J connectivity index is 1.65. The van der Waals surface area contributed by atoms with Gasteiger partial charge in [0.05, 0.1) is 6.61 Å². The predicted molar refractivity (Wildman–Crippen MR) is 103 cm³/mol. The summed E-state index contributed by atoms with van der Waals surface area (Å²) in [7, 11) is 0. The molecule has 0 spiro atoms. The van der Waals surface area contributed by atoms with Gasteiger partial charge in [0.25, 0.3) is 11.8 Å². The Morgan fingerprint density at radius 1 is 1.14 bits per heavy atom. The zero-order valence-corrected chi connectivity index (χ0v) is 15.6. The first-order valence-electron chi connectivity index (χ1n) is 9.09. The summed E-state index contributed by atoms with van der Waals surface area (Å²) >= 11 is 0. The van der Waals surface area contributed by atoms with Crippen LogP contribution in [0, 0.1) is 0 Å². The average molecular weight is 382 g/mol. The number of nitrogens with one attached hydrogen (secondary N) is 1. The van der Waals surface area contributed by atoms with Crippen LogP contribution in [-0.4, -0.2) is 65.8 Å². The number of aromatic nitrogens is 1. The van der Waals surface area contributed by atoms with E-state index in [1.54, 1.807) is 40.1 Å². The quantitative estimate of drug-likeness (QED) is 0.767. The van der Waals surface area contributed by atoms with E-state index < -0.39 is 0 Å². The first-order chi connectivity index (χ1) is 13.6. The number of pyridine rings is 1. The molecule has 1 aliphatic rings. The van der Waals surface area contributed by atoms with Crippen LogP contribution in [0.15, 0.2) is 42.6 Å². The smallest absolute Gasteiger partial charge is 0.272 e. The third-order valence-corrected chi connectivity index (χ3v) is 4.41. The molecule has 1 aromatic carbocycles. The molecule has 146 valence electrons. The summed E-state index contributed by atoms with van der Waals surface area (Å²) in [6.45, 7) is 4.36. The summed E-state index contributed by atoms with van der Waals surface area (Å²) in [5.41, 5.74) is 1.18. The van der Waals surface area contributed by atoms with E-state index in [0.717, 1.165) is 12.2 Å². The van der Waals surface area contributed by atoms with Crippen molar-refractivity contribution in [3.63, 3.8) is 0 Å². The number of ether oxygens (including phenoxy) is 1. The molecule has 0 unspecified atom stereocenters. The Bertz CT molecular complexity index is 846. The highest BCUT2D eigenvalue weighted by Gasteiger charge is 2.23. The monoisotopic (exact) mass is 382 g/mol. The molecule has 2 heterocycles. The third kappa shape index (κ3) is 4.64. The largest absolute Gasteiger partial charge is 0.494 e. The van der Waals surface area contributed by atoms with E-state index in [2.05, 4.69) is 10.3 Å². The van der Waals surface area contributed by atoms with E-state index in [4.69, 9.17) is 4.74 Å². The summed E-state index contributed by atoms with van der Waals surface area (Å²) in [6, 6.07) is 10.1. The number of carbonyl (C=O) groups is 3. The van der Waals surface area contributed by atoms with Crippen molar-refractivity contribution >= 4 is 23.9 Å². The zero-order chi connectivity index (χ0) is 19.9. The number of piperazine rings is 1.